The standard InChI is InChI=1S/C8H15NO2/c1-5-3-4-7(8(10)11)9-6(5)2/h5-7,9H,3-4H2,1-2H3,(H,10,11)/t5-,6-,7-/m1/s1. The van der Waals surface area contributed by atoms with E-state index in [2.05, 4.69) is 12.2 Å². The van der Waals surface area contributed by atoms with E-state index in [0.29, 0.717) is 12.0 Å². The van der Waals surface area contributed by atoms with Gasteiger partial charge in [0, 0.05) is 6.04 Å². The van der Waals surface area contributed by atoms with Gasteiger partial charge in [-0.25, -0.2) is 0 Å². The minimum absolute atomic E-state index is 0.318. The van der Waals surface area contributed by atoms with Gasteiger partial charge in [-0.15, -0.1) is 0 Å². The van der Waals surface area contributed by atoms with Crippen LogP contribution in [-0.4, -0.2) is 23.2 Å². The van der Waals surface area contributed by atoms with Crippen LogP contribution in [0.15, 0.2) is 0 Å². The normalized spacial score (nSPS) is 38.5. The van der Waals surface area contributed by atoms with Crippen molar-refractivity contribution in [2.24, 2.45) is 5.92 Å². The maximum Gasteiger partial charge on any atom is 0.320 e. The molecule has 1 aliphatic heterocycles. The van der Waals surface area contributed by atoms with Gasteiger partial charge in [0.15, 0.2) is 0 Å². The third kappa shape index (κ3) is 1.93. The van der Waals surface area contributed by atoms with Gasteiger partial charge >= 0.3 is 5.97 Å². The minimum Gasteiger partial charge on any atom is -0.480 e. The molecule has 0 aromatic heterocycles. The highest BCUT2D eigenvalue weighted by atomic mass is 16.4. The van der Waals surface area contributed by atoms with Gasteiger partial charge in [-0.1, -0.05) is 6.92 Å². The van der Waals surface area contributed by atoms with Crippen molar-refractivity contribution >= 4 is 5.97 Å². The molecule has 0 unspecified atom stereocenters. The Morgan fingerprint density at radius 3 is 2.55 bits per heavy atom. The van der Waals surface area contributed by atoms with Crippen molar-refractivity contribution in [3.63, 3.8) is 0 Å². The van der Waals surface area contributed by atoms with Crippen molar-refractivity contribution < 1.29 is 9.90 Å². The van der Waals surface area contributed by atoms with E-state index in [0.717, 1.165) is 12.8 Å². The molecule has 1 saturated heterocycles. The molecular formula is C8H15NO2. The molecule has 0 radical (unpaired) electrons. The Balaban J connectivity index is 2.46. The van der Waals surface area contributed by atoms with Crippen LogP contribution in [0.25, 0.3) is 0 Å². The zero-order chi connectivity index (χ0) is 8.43. The van der Waals surface area contributed by atoms with Crippen LogP contribution in [0.5, 0.6) is 0 Å². The van der Waals surface area contributed by atoms with Gasteiger partial charge in [-0.3, -0.25) is 4.79 Å². The monoisotopic (exact) mass is 157 g/mol. The van der Waals surface area contributed by atoms with E-state index >= 15 is 0 Å². The Hall–Kier alpha value is -0.570. The molecule has 0 aliphatic carbocycles. The third-order valence-electron chi connectivity index (χ3n) is 2.53. The SMILES string of the molecule is C[C@@H]1CC[C@H](C(=O)O)N[C@@H]1C. The van der Waals surface area contributed by atoms with E-state index in [1.165, 1.54) is 0 Å². The first-order valence-electron chi connectivity index (χ1n) is 4.10. The number of hydrogen-bond donors (Lipinski definition) is 2. The number of carbonyl (C=O) groups is 1. The Kier molecular flexibility index (Phi) is 2.49. The van der Waals surface area contributed by atoms with Crippen molar-refractivity contribution in [2.45, 2.75) is 38.8 Å². The maximum absolute atomic E-state index is 10.5. The maximum atomic E-state index is 10.5. The highest BCUT2D eigenvalue weighted by molar-refractivity contribution is 5.73. The van der Waals surface area contributed by atoms with Gasteiger partial charge in [0.25, 0.3) is 0 Å². The summed E-state index contributed by atoms with van der Waals surface area (Å²) in [5.41, 5.74) is 0. The van der Waals surface area contributed by atoms with E-state index in [1.807, 2.05) is 6.92 Å². The molecule has 3 nitrogen and oxygen atoms in total. The summed E-state index contributed by atoms with van der Waals surface area (Å²) in [5.74, 6) is -0.116. The lowest BCUT2D eigenvalue weighted by molar-refractivity contribution is -0.140. The van der Waals surface area contributed by atoms with E-state index < -0.39 is 5.97 Å². The summed E-state index contributed by atoms with van der Waals surface area (Å²) in [6, 6.07) is 0.0195. The number of hydrogen-bond acceptors (Lipinski definition) is 2. The third-order valence-corrected chi connectivity index (χ3v) is 2.53. The Morgan fingerprint density at radius 2 is 2.09 bits per heavy atom. The van der Waals surface area contributed by atoms with Gasteiger partial charge in [-0.05, 0) is 25.7 Å². The van der Waals surface area contributed by atoms with Crippen molar-refractivity contribution in [1.29, 1.82) is 0 Å². The average Bonchev–Trinajstić information content (AvgIpc) is 1.94. The number of carboxylic acids is 1. The highest BCUT2D eigenvalue weighted by Crippen LogP contribution is 2.18. The van der Waals surface area contributed by atoms with E-state index in [4.69, 9.17) is 5.11 Å². The van der Waals surface area contributed by atoms with Gasteiger partial charge in [0.05, 0.1) is 0 Å². The first-order chi connectivity index (χ1) is 5.11. The summed E-state index contributed by atoms with van der Waals surface area (Å²) in [5, 5.41) is 11.7. The molecule has 64 valence electrons. The quantitative estimate of drug-likeness (QED) is 0.593. The zero-order valence-corrected chi connectivity index (χ0v) is 7.00. The molecule has 3 heteroatoms. The molecule has 0 aromatic rings. The summed E-state index contributed by atoms with van der Waals surface area (Å²) in [4.78, 5) is 10.5. The predicted octanol–water partition coefficient (Wildman–Crippen LogP) is 0.848. The summed E-state index contributed by atoms with van der Waals surface area (Å²) in [7, 11) is 0. The van der Waals surface area contributed by atoms with Gasteiger partial charge in [0.1, 0.15) is 6.04 Å². The smallest absolute Gasteiger partial charge is 0.320 e. The highest BCUT2D eigenvalue weighted by Gasteiger charge is 2.27. The molecule has 1 rings (SSSR count). The summed E-state index contributed by atoms with van der Waals surface area (Å²) < 4.78 is 0. The second-order valence-corrected chi connectivity index (χ2v) is 3.40. The number of rotatable bonds is 1. The lowest BCUT2D eigenvalue weighted by atomic mass is 9.90. The minimum atomic E-state index is -0.719. The van der Waals surface area contributed by atoms with Crippen LogP contribution in [0.3, 0.4) is 0 Å². The Labute approximate surface area is 66.8 Å². The first kappa shape index (κ1) is 8.53. The molecule has 0 bridgehead atoms. The van der Waals surface area contributed by atoms with Crippen LogP contribution in [0, 0.1) is 5.92 Å². The number of carboxylic acid groups (broad SMARTS) is 1. The van der Waals surface area contributed by atoms with Gasteiger partial charge < -0.3 is 10.4 Å². The Bertz CT molecular complexity index is 158. The predicted molar refractivity (Wildman–Crippen MR) is 42.4 cm³/mol. The summed E-state index contributed by atoms with van der Waals surface area (Å²) in [6.07, 6.45) is 1.78. The lowest BCUT2D eigenvalue weighted by Gasteiger charge is -2.31. The molecule has 1 fully saturated rings. The van der Waals surface area contributed by atoms with Crippen LogP contribution in [0.4, 0.5) is 0 Å². The van der Waals surface area contributed by atoms with E-state index in [9.17, 15) is 4.79 Å². The van der Waals surface area contributed by atoms with Crippen LogP contribution in [-0.2, 0) is 4.79 Å². The fourth-order valence-corrected chi connectivity index (χ4v) is 1.44. The van der Waals surface area contributed by atoms with Crippen LogP contribution in [0.1, 0.15) is 26.7 Å². The topological polar surface area (TPSA) is 49.3 Å². The largest absolute Gasteiger partial charge is 0.480 e. The lowest BCUT2D eigenvalue weighted by Crippen LogP contribution is -2.48. The molecule has 3 atom stereocenters. The van der Waals surface area contributed by atoms with Crippen molar-refractivity contribution in [2.75, 3.05) is 0 Å². The van der Waals surface area contributed by atoms with Gasteiger partial charge in [0.2, 0.25) is 0 Å². The number of aliphatic carboxylic acids is 1. The zero-order valence-electron chi connectivity index (χ0n) is 7.00. The molecule has 0 amide bonds. The molecular weight excluding hydrogens is 142 g/mol. The fraction of sp³-hybridized carbons (Fsp3) is 0.875. The van der Waals surface area contributed by atoms with Crippen LogP contribution in [0.2, 0.25) is 0 Å². The van der Waals surface area contributed by atoms with Crippen LogP contribution < -0.4 is 5.32 Å². The van der Waals surface area contributed by atoms with Crippen molar-refractivity contribution in [1.82, 2.24) is 5.32 Å². The fourth-order valence-electron chi connectivity index (χ4n) is 1.44. The van der Waals surface area contributed by atoms with Crippen molar-refractivity contribution in [3.8, 4) is 0 Å². The number of nitrogens with one attached hydrogen (secondary N) is 1. The molecule has 1 heterocycles. The second-order valence-electron chi connectivity index (χ2n) is 3.40. The first-order valence-corrected chi connectivity index (χ1v) is 4.10. The summed E-state index contributed by atoms with van der Waals surface area (Å²) in [6.45, 7) is 4.19. The molecule has 11 heavy (non-hydrogen) atoms. The molecule has 0 aromatic carbocycles. The average molecular weight is 157 g/mol. The summed E-state index contributed by atoms with van der Waals surface area (Å²) >= 11 is 0. The molecule has 0 saturated carbocycles. The molecule has 0 spiro atoms. The van der Waals surface area contributed by atoms with Gasteiger partial charge in [-0.2, -0.15) is 0 Å². The second kappa shape index (κ2) is 3.22. The molecule has 2 N–H and O–H groups in total. The number of piperidine rings is 1. The van der Waals surface area contributed by atoms with Crippen LogP contribution >= 0.6 is 0 Å². The van der Waals surface area contributed by atoms with Crippen molar-refractivity contribution in [3.05, 3.63) is 0 Å². The van der Waals surface area contributed by atoms with E-state index in [-0.39, 0.29) is 6.04 Å². The molecule has 1 aliphatic rings. The van der Waals surface area contributed by atoms with E-state index in [1.54, 1.807) is 0 Å². The Morgan fingerprint density at radius 1 is 1.45 bits per heavy atom.